The van der Waals surface area contributed by atoms with Gasteiger partial charge in [0.05, 0.1) is 17.4 Å². The highest BCUT2D eigenvalue weighted by molar-refractivity contribution is 7.89. The van der Waals surface area contributed by atoms with E-state index in [0.29, 0.717) is 32.5 Å². The normalized spacial score (nSPS) is 17.7. The third-order valence-electron chi connectivity index (χ3n) is 4.90. The zero-order valence-electron chi connectivity index (χ0n) is 16.3. The summed E-state index contributed by atoms with van der Waals surface area (Å²) in [5.41, 5.74) is 1.14. The number of hydrogen-bond donors (Lipinski definition) is 1. The molecule has 2 aromatic carbocycles. The summed E-state index contributed by atoms with van der Waals surface area (Å²) in [4.78, 5) is 12.5. The van der Waals surface area contributed by atoms with Crippen LogP contribution >= 0.6 is 0 Å². The maximum absolute atomic E-state index is 13.1. The fraction of sp³-hybridized carbons (Fsp3) is 0.381. The van der Waals surface area contributed by atoms with Crippen molar-refractivity contribution in [1.29, 1.82) is 0 Å². The van der Waals surface area contributed by atoms with E-state index in [1.807, 2.05) is 31.2 Å². The molecule has 1 heterocycles. The lowest BCUT2D eigenvalue weighted by molar-refractivity contribution is -0.126. The summed E-state index contributed by atoms with van der Waals surface area (Å²) in [6.45, 7) is 3.13. The number of aryl methyl sites for hydroxylation is 1. The van der Waals surface area contributed by atoms with Gasteiger partial charge in [-0.05, 0) is 56.2 Å². The minimum absolute atomic E-state index is 0.0338. The van der Waals surface area contributed by atoms with Gasteiger partial charge in [-0.1, -0.05) is 17.7 Å². The Labute approximate surface area is 170 Å². The van der Waals surface area contributed by atoms with Crippen LogP contribution < -0.4 is 10.1 Å². The fourth-order valence-electron chi connectivity index (χ4n) is 3.25. The number of rotatable bonds is 7. The first kappa shape index (κ1) is 21.3. The molecule has 29 heavy (non-hydrogen) atoms. The average molecular weight is 421 g/mol. The van der Waals surface area contributed by atoms with E-state index < -0.39 is 21.8 Å². The highest BCUT2D eigenvalue weighted by Crippen LogP contribution is 2.24. The molecule has 1 aliphatic heterocycles. The van der Waals surface area contributed by atoms with Gasteiger partial charge in [0.2, 0.25) is 15.9 Å². The molecule has 1 saturated heterocycles. The van der Waals surface area contributed by atoms with Gasteiger partial charge in [0.15, 0.2) is 0 Å². The van der Waals surface area contributed by atoms with Crippen LogP contribution in [0.5, 0.6) is 5.75 Å². The van der Waals surface area contributed by atoms with E-state index >= 15 is 0 Å². The molecule has 1 fully saturated rings. The molecule has 1 unspecified atom stereocenters. The maximum Gasteiger partial charge on any atom is 0.243 e. The summed E-state index contributed by atoms with van der Waals surface area (Å²) >= 11 is 0. The molecule has 6 nitrogen and oxygen atoms in total. The number of piperidine rings is 1. The largest absolute Gasteiger partial charge is 0.492 e. The van der Waals surface area contributed by atoms with Gasteiger partial charge >= 0.3 is 0 Å². The zero-order chi connectivity index (χ0) is 20.9. The Kier molecular flexibility index (Phi) is 6.87. The molecule has 1 aliphatic rings. The molecule has 0 saturated carbocycles. The first-order valence-corrected chi connectivity index (χ1v) is 11.0. The van der Waals surface area contributed by atoms with Crippen molar-refractivity contribution in [3.63, 3.8) is 0 Å². The van der Waals surface area contributed by atoms with E-state index in [9.17, 15) is 17.6 Å². The molecule has 8 heteroatoms. The highest BCUT2D eigenvalue weighted by atomic mass is 32.2. The van der Waals surface area contributed by atoms with Crippen molar-refractivity contribution in [2.75, 3.05) is 26.2 Å². The Morgan fingerprint density at radius 2 is 1.86 bits per heavy atom. The predicted octanol–water partition coefficient (Wildman–Crippen LogP) is 2.73. The molecule has 1 atom stereocenters. The summed E-state index contributed by atoms with van der Waals surface area (Å²) in [7, 11) is -3.75. The van der Waals surface area contributed by atoms with Gasteiger partial charge in [-0.3, -0.25) is 4.79 Å². The van der Waals surface area contributed by atoms with Crippen LogP contribution in [0.1, 0.15) is 18.4 Å². The second kappa shape index (κ2) is 9.37. The van der Waals surface area contributed by atoms with Crippen LogP contribution in [-0.4, -0.2) is 44.9 Å². The van der Waals surface area contributed by atoms with E-state index in [0.717, 1.165) is 23.4 Å². The molecular weight excluding hydrogens is 395 g/mol. The van der Waals surface area contributed by atoms with Crippen LogP contribution in [-0.2, 0) is 14.8 Å². The lowest BCUT2D eigenvalue weighted by Crippen LogP contribution is -2.45. The molecule has 156 valence electrons. The fourth-order valence-corrected chi connectivity index (χ4v) is 4.78. The van der Waals surface area contributed by atoms with Crippen LogP contribution in [0.25, 0.3) is 0 Å². The third kappa shape index (κ3) is 5.55. The Morgan fingerprint density at radius 3 is 2.55 bits per heavy atom. The number of carbonyl (C=O) groups excluding carboxylic acids is 1. The van der Waals surface area contributed by atoms with Crippen molar-refractivity contribution >= 4 is 15.9 Å². The van der Waals surface area contributed by atoms with Crippen LogP contribution in [0, 0.1) is 18.7 Å². The van der Waals surface area contributed by atoms with Gasteiger partial charge in [-0.15, -0.1) is 0 Å². The Balaban J connectivity index is 1.51. The number of ether oxygens (including phenoxy) is 1. The van der Waals surface area contributed by atoms with Crippen molar-refractivity contribution in [3.8, 4) is 5.75 Å². The van der Waals surface area contributed by atoms with Gasteiger partial charge in [-0.25, -0.2) is 12.8 Å². The lowest BCUT2D eigenvalue weighted by atomic mass is 9.99. The molecule has 0 aliphatic carbocycles. The lowest BCUT2D eigenvalue weighted by Gasteiger charge is -2.31. The standard InChI is InChI=1S/C21H25FN2O4S/c1-16-4-8-19(9-5-16)28-14-12-23-21(25)17-3-2-13-24(15-17)29(26,27)20-10-6-18(22)7-11-20/h4-11,17H,2-3,12-15H2,1H3,(H,23,25). The van der Waals surface area contributed by atoms with E-state index in [2.05, 4.69) is 5.32 Å². The number of nitrogens with one attached hydrogen (secondary N) is 1. The van der Waals surface area contributed by atoms with Crippen molar-refractivity contribution in [1.82, 2.24) is 9.62 Å². The van der Waals surface area contributed by atoms with E-state index in [4.69, 9.17) is 4.74 Å². The van der Waals surface area contributed by atoms with Crippen LogP contribution in [0.2, 0.25) is 0 Å². The summed E-state index contributed by atoms with van der Waals surface area (Å²) in [6, 6.07) is 12.4. The Morgan fingerprint density at radius 1 is 1.17 bits per heavy atom. The number of sulfonamides is 1. The second-order valence-electron chi connectivity index (χ2n) is 7.11. The number of amides is 1. The zero-order valence-corrected chi connectivity index (χ0v) is 17.1. The third-order valence-corrected chi connectivity index (χ3v) is 6.78. The number of benzene rings is 2. The minimum atomic E-state index is -3.75. The summed E-state index contributed by atoms with van der Waals surface area (Å²) in [6.07, 6.45) is 1.22. The monoisotopic (exact) mass is 420 g/mol. The van der Waals surface area contributed by atoms with E-state index in [1.54, 1.807) is 0 Å². The number of halogens is 1. The molecule has 0 aromatic heterocycles. The Hall–Kier alpha value is -2.45. The van der Waals surface area contributed by atoms with Crippen LogP contribution in [0.4, 0.5) is 4.39 Å². The molecule has 1 N–H and O–H groups in total. The second-order valence-corrected chi connectivity index (χ2v) is 9.05. The quantitative estimate of drug-likeness (QED) is 0.699. The average Bonchev–Trinajstić information content (AvgIpc) is 2.73. The predicted molar refractivity (Wildman–Crippen MR) is 108 cm³/mol. The van der Waals surface area contributed by atoms with Gasteiger partial charge < -0.3 is 10.1 Å². The van der Waals surface area contributed by atoms with Crippen LogP contribution in [0.3, 0.4) is 0 Å². The number of carbonyl (C=O) groups is 1. The van der Waals surface area contributed by atoms with Crippen LogP contribution in [0.15, 0.2) is 53.4 Å². The Bertz CT molecular complexity index is 930. The van der Waals surface area contributed by atoms with Crippen molar-refractivity contribution in [2.45, 2.75) is 24.7 Å². The SMILES string of the molecule is Cc1ccc(OCCNC(=O)C2CCCN(S(=O)(=O)c3ccc(F)cc3)C2)cc1. The van der Waals surface area contributed by atoms with Crippen molar-refractivity contribution in [2.24, 2.45) is 5.92 Å². The van der Waals surface area contributed by atoms with Gasteiger partial charge in [-0.2, -0.15) is 4.31 Å². The van der Waals surface area contributed by atoms with Gasteiger partial charge in [0, 0.05) is 13.1 Å². The molecular formula is C21H25FN2O4S. The molecule has 0 bridgehead atoms. The topological polar surface area (TPSA) is 75.7 Å². The first-order chi connectivity index (χ1) is 13.9. The first-order valence-electron chi connectivity index (χ1n) is 9.59. The maximum atomic E-state index is 13.1. The van der Waals surface area contributed by atoms with Crippen molar-refractivity contribution in [3.05, 3.63) is 59.9 Å². The van der Waals surface area contributed by atoms with Gasteiger partial charge in [0.1, 0.15) is 18.2 Å². The number of hydrogen-bond acceptors (Lipinski definition) is 4. The number of nitrogens with zero attached hydrogens (tertiary/aromatic N) is 1. The smallest absolute Gasteiger partial charge is 0.243 e. The highest BCUT2D eigenvalue weighted by Gasteiger charge is 2.33. The molecule has 0 spiro atoms. The minimum Gasteiger partial charge on any atom is -0.492 e. The van der Waals surface area contributed by atoms with Gasteiger partial charge in [0.25, 0.3) is 0 Å². The molecule has 0 radical (unpaired) electrons. The molecule has 1 amide bonds. The van der Waals surface area contributed by atoms with E-state index in [1.165, 1.54) is 16.4 Å². The summed E-state index contributed by atoms with van der Waals surface area (Å²) in [5.74, 6) is -0.360. The van der Waals surface area contributed by atoms with Crippen molar-refractivity contribution < 1.29 is 22.3 Å². The molecule has 3 rings (SSSR count). The summed E-state index contributed by atoms with van der Waals surface area (Å²) in [5, 5.41) is 2.82. The summed E-state index contributed by atoms with van der Waals surface area (Å²) < 4.78 is 45.5. The molecule has 2 aromatic rings. The van der Waals surface area contributed by atoms with E-state index in [-0.39, 0.29) is 17.3 Å².